The summed E-state index contributed by atoms with van der Waals surface area (Å²) < 4.78 is 11.1. The van der Waals surface area contributed by atoms with Crippen molar-refractivity contribution >= 4 is 0 Å². The molecule has 1 atom stereocenters. The number of hydrogen-bond donors (Lipinski definition) is 1. The molecule has 0 radical (unpaired) electrons. The summed E-state index contributed by atoms with van der Waals surface area (Å²) in [5.74, 6) is 1.71. The van der Waals surface area contributed by atoms with E-state index >= 15 is 0 Å². The predicted molar refractivity (Wildman–Crippen MR) is 74.8 cm³/mol. The molecule has 1 saturated heterocycles. The lowest BCUT2D eigenvalue weighted by molar-refractivity contribution is 0.171. The van der Waals surface area contributed by atoms with Gasteiger partial charge in [-0.2, -0.15) is 0 Å². The fraction of sp³-hybridized carbons (Fsp3) is 0.600. The Bertz CT molecular complexity index is 430. The fourth-order valence-electron chi connectivity index (χ4n) is 2.88. The highest BCUT2D eigenvalue weighted by molar-refractivity contribution is 5.44. The highest BCUT2D eigenvalue weighted by Gasteiger charge is 2.16. The van der Waals surface area contributed by atoms with E-state index in [4.69, 9.17) is 15.2 Å². The van der Waals surface area contributed by atoms with E-state index in [1.54, 1.807) is 0 Å². The van der Waals surface area contributed by atoms with Gasteiger partial charge in [-0.15, -0.1) is 0 Å². The molecule has 0 spiro atoms. The third-order valence-electron chi connectivity index (χ3n) is 3.80. The van der Waals surface area contributed by atoms with Crippen molar-refractivity contribution in [2.24, 2.45) is 5.73 Å². The minimum Gasteiger partial charge on any atom is -0.486 e. The molecule has 4 nitrogen and oxygen atoms in total. The maximum atomic E-state index is 6.25. The van der Waals surface area contributed by atoms with Crippen LogP contribution in [0, 0.1) is 0 Å². The van der Waals surface area contributed by atoms with E-state index in [1.807, 2.05) is 6.07 Å². The standard InChI is InChI=1S/C15H22N2O2/c16-13(11-17-5-1-2-6-17)9-12-3-4-14-15(10-12)19-8-7-18-14/h3-4,10,13H,1-2,5-9,11,16H2. The third kappa shape index (κ3) is 3.19. The van der Waals surface area contributed by atoms with Crippen molar-refractivity contribution < 1.29 is 9.47 Å². The summed E-state index contributed by atoms with van der Waals surface area (Å²) in [7, 11) is 0. The van der Waals surface area contributed by atoms with Crippen LogP contribution in [0.3, 0.4) is 0 Å². The first-order valence-corrected chi connectivity index (χ1v) is 7.18. The van der Waals surface area contributed by atoms with Crippen LogP contribution >= 0.6 is 0 Å². The van der Waals surface area contributed by atoms with Crippen LogP contribution in [0.4, 0.5) is 0 Å². The summed E-state index contributed by atoms with van der Waals surface area (Å²) in [6.07, 6.45) is 3.53. The summed E-state index contributed by atoms with van der Waals surface area (Å²) in [6.45, 7) is 4.68. The monoisotopic (exact) mass is 262 g/mol. The number of likely N-dealkylation sites (tertiary alicyclic amines) is 1. The second-order valence-corrected chi connectivity index (χ2v) is 5.45. The zero-order chi connectivity index (χ0) is 13.1. The minimum absolute atomic E-state index is 0.195. The van der Waals surface area contributed by atoms with Crippen LogP contribution in [0.2, 0.25) is 0 Å². The van der Waals surface area contributed by atoms with Crippen LogP contribution in [0.25, 0.3) is 0 Å². The molecule has 4 heteroatoms. The van der Waals surface area contributed by atoms with Crippen molar-refractivity contribution in [1.29, 1.82) is 0 Å². The number of ether oxygens (including phenoxy) is 2. The van der Waals surface area contributed by atoms with E-state index < -0.39 is 0 Å². The molecule has 3 rings (SSSR count). The van der Waals surface area contributed by atoms with Gasteiger partial charge in [0.25, 0.3) is 0 Å². The van der Waals surface area contributed by atoms with Gasteiger partial charge in [-0.3, -0.25) is 0 Å². The van der Waals surface area contributed by atoms with Crippen LogP contribution in [-0.4, -0.2) is 43.8 Å². The first-order chi connectivity index (χ1) is 9.31. The molecule has 2 N–H and O–H groups in total. The van der Waals surface area contributed by atoms with Crippen LogP contribution in [0.15, 0.2) is 18.2 Å². The molecule has 1 fully saturated rings. The Morgan fingerprint density at radius 3 is 2.63 bits per heavy atom. The van der Waals surface area contributed by atoms with Crippen LogP contribution in [0.5, 0.6) is 11.5 Å². The second-order valence-electron chi connectivity index (χ2n) is 5.45. The van der Waals surface area contributed by atoms with Crippen LogP contribution in [0.1, 0.15) is 18.4 Å². The third-order valence-corrected chi connectivity index (χ3v) is 3.80. The Labute approximate surface area is 114 Å². The van der Waals surface area contributed by atoms with Gasteiger partial charge in [0, 0.05) is 12.6 Å². The van der Waals surface area contributed by atoms with Crippen molar-refractivity contribution in [2.45, 2.75) is 25.3 Å². The van der Waals surface area contributed by atoms with E-state index in [0.717, 1.165) is 24.5 Å². The van der Waals surface area contributed by atoms with Crippen molar-refractivity contribution in [2.75, 3.05) is 32.8 Å². The minimum atomic E-state index is 0.195. The van der Waals surface area contributed by atoms with Crippen LogP contribution < -0.4 is 15.2 Å². The van der Waals surface area contributed by atoms with Gasteiger partial charge >= 0.3 is 0 Å². The lowest BCUT2D eigenvalue weighted by atomic mass is 10.1. The molecule has 19 heavy (non-hydrogen) atoms. The van der Waals surface area contributed by atoms with E-state index in [2.05, 4.69) is 17.0 Å². The summed E-state index contributed by atoms with van der Waals surface area (Å²) in [5, 5.41) is 0. The SMILES string of the molecule is NC(Cc1ccc2c(c1)OCCO2)CN1CCCC1. The van der Waals surface area contributed by atoms with Gasteiger partial charge in [0.2, 0.25) is 0 Å². The molecule has 0 amide bonds. The smallest absolute Gasteiger partial charge is 0.161 e. The first kappa shape index (κ1) is 12.8. The van der Waals surface area contributed by atoms with E-state index in [0.29, 0.717) is 13.2 Å². The highest BCUT2D eigenvalue weighted by atomic mass is 16.6. The molecule has 1 aromatic rings. The molecule has 0 bridgehead atoms. The Balaban J connectivity index is 1.59. The van der Waals surface area contributed by atoms with Gasteiger partial charge in [-0.25, -0.2) is 0 Å². The summed E-state index contributed by atoms with van der Waals surface area (Å²) >= 11 is 0. The number of hydrogen-bond acceptors (Lipinski definition) is 4. The Morgan fingerprint density at radius 1 is 1.11 bits per heavy atom. The Morgan fingerprint density at radius 2 is 1.84 bits per heavy atom. The Hall–Kier alpha value is -1.26. The molecule has 0 saturated carbocycles. The van der Waals surface area contributed by atoms with E-state index in [9.17, 15) is 0 Å². The number of benzene rings is 1. The molecular weight excluding hydrogens is 240 g/mol. The molecular formula is C15H22N2O2. The molecule has 2 aliphatic heterocycles. The zero-order valence-corrected chi connectivity index (χ0v) is 11.3. The van der Waals surface area contributed by atoms with Gasteiger partial charge in [0.05, 0.1) is 0 Å². The van der Waals surface area contributed by atoms with Crippen LogP contribution in [-0.2, 0) is 6.42 Å². The van der Waals surface area contributed by atoms with Crippen molar-refractivity contribution in [3.8, 4) is 11.5 Å². The number of fused-ring (bicyclic) bond motifs is 1. The topological polar surface area (TPSA) is 47.7 Å². The second kappa shape index (κ2) is 5.80. The lowest BCUT2D eigenvalue weighted by Gasteiger charge is -2.22. The normalized spacial score (nSPS) is 20.5. The van der Waals surface area contributed by atoms with Gasteiger partial charge in [0.1, 0.15) is 13.2 Å². The average molecular weight is 262 g/mol. The molecule has 0 aromatic heterocycles. The molecule has 2 aliphatic rings. The largest absolute Gasteiger partial charge is 0.486 e. The lowest BCUT2D eigenvalue weighted by Crippen LogP contribution is -2.37. The van der Waals surface area contributed by atoms with Crippen molar-refractivity contribution in [1.82, 2.24) is 4.90 Å². The molecule has 0 aliphatic carbocycles. The average Bonchev–Trinajstić information content (AvgIpc) is 2.91. The summed E-state index contributed by atoms with van der Waals surface area (Å²) in [6, 6.07) is 6.35. The predicted octanol–water partition coefficient (Wildman–Crippen LogP) is 1.42. The number of rotatable bonds is 4. The Kier molecular flexibility index (Phi) is 3.89. The number of nitrogens with zero attached hydrogens (tertiary/aromatic N) is 1. The summed E-state index contributed by atoms with van der Waals surface area (Å²) in [5.41, 5.74) is 7.48. The van der Waals surface area contributed by atoms with Crippen molar-refractivity contribution in [3.63, 3.8) is 0 Å². The molecule has 2 heterocycles. The van der Waals surface area contributed by atoms with E-state index in [-0.39, 0.29) is 6.04 Å². The number of nitrogens with two attached hydrogens (primary N) is 1. The molecule has 104 valence electrons. The maximum Gasteiger partial charge on any atom is 0.161 e. The van der Waals surface area contributed by atoms with Gasteiger partial charge in [-0.1, -0.05) is 6.07 Å². The van der Waals surface area contributed by atoms with Gasteiger partial charge in [0.15, 0.2) is 11.5 Å². The quantitative estimate of drug-likeness (QED) is 0.891. The van der Waals surface area contributed by atoms with Gasteiger partial charge < -0.3 is 20.1 Å². The zero-order valence-electron chi connectivity index (χ0n) is 11.3. The van der Waals surface area contributed by atoms with Crippen molar-refractivity contribution in [3.05, 3.63) is 23.8 Å². The molecule has 1 unspecified atom stereocenters. The van der Waals surface area contributed by atoms with Gasteiger partial charge in [-0.05, 0) is 50.0 Å². The summed E-state index contributed by atoms with van der Waals surface area (Å²) in [4.78, 5) is 2.46. The fourth-order valence-corrected chi connectivity index (χ4v) is 2.88. The molecule has 1 aromatic carbocycles. The van der Waals surface area contributed by atoms with E-state index in [1.165, 1.54) is 31.5 Å². The maximum absolute atomic E-state index is 6.25. The first-order valence-electron chi connectivity index (χ1n) is 7.18. The highest BCUT2D eigenvalue weighted by Crippen LogP contribution is 2.31.